The van der Waals surface area contributed by atoms with Crippen LogP contribution in [-0.2, 0) is 13.0 Å². The lowest BCUT2D eigenvalue weighted by molar-refractivity contribution is 0.323. The van der Waals surface area contributed by atoms with Crippen LogP contribution in [0.15, 0.2) is 35.1 Å². The first-order valence-electron chi connectivity index (χ1n) is 8.11. The fraction of sp³-hybridized carbons (Fsp3) is 0.389. The van der Waals surface area contributed by atoms with Crippen molar-refractivity contribution in [2.45, 2.75) is 33.7 Å². The number of hydrogen-bond acceptors (Lipinski definition) is 5. The van der Waals surface area contributed by atoms with Crippen molar-refractivity contribution >= 4 is 0 Å². The summed E-state index contributed by atoms with van der Waals surface area (Å²) < 4.78 is 6.96. The van der Waals surface area contributed by atoms with Crippen LogP contribution in [0.2, 0.25) is 0 Å². The predicted octanol–water partition coefficient (Wildman–Crippen LogP) is 2.86. The molecule has 0 aliphatic carbocycles. The molecule has 0 spiro atoms. The van der Waals surface area contributed by atoms with Gasteiger partial charge in [0, 0.05) is 38.8 Å². The van der Waals surface area contributed by atoms with Crippen molar-refractivity contribution in [1.82, 2.24) is 24.8 Å². The van der Waals surface area contributed by atoms with Crippen LogP contribution >= 0.6 is 0 Å². The molecule has 0 bridgehead atoms. The van der Waals surface area contributed by atoms with E-state index in [4.69, 9.17) is 4.52 Å². The first kappa shape index (κ1) is 16.4. The average molecular weight is 325 g/mol. The Kier molecular flexibility index (Phi) is 4.76. The molecular weight excluding hydrogens is 302 g/mol. The third-order valence-electron chi connectivity index (χ3n) is 4.06. The molecule has 0 amide bonds. The Hall–Kier alpha value is -2.47. The molecule has 0 unspecified atom stereocenters. The van der Waals surface area contributed by atoms with E-state index in [9.17, 15) is 0 Å². The zero-order chi connectivity index (χ0) is 17.1. The molecule has 24 heavy (non-hydrogen) atoms. The molecule has 2 aromatic heterocycles. The molecule has 6 heteroatoms. The van der Waals surface area contributed by atoms with E-state index in [1.54, 1.807) is 0 Å². The van der Waals surface area contributed by atoms with Gasteiger partial charge in [-0.1, -0.05) is 11.2 Å². The lowest BCUT2D eigenvalue weighted by Gasteiger charge is -2.20. The summed E-state index contributed by atoms with van der Waals surface area (Å²) in [6.07, 6.45) is 4.57. The van der Waals surface area contributed by atoms with Crippen LogP contribution in [0, 0.1) is 20.8 Å². The van der Waals surface area contributed by atoms with E-state index in [1.807, 2.05) is 30.1 Å². The number of aromatic nitrogens is 4. The van der Waals surface area contributed by atoms with Crippen molar-refractivity contribution in [3.63, 3.8) is 0 Å². The van der Waals surface area contributed by atoms with Gasteiger partial charge in [-0.25, -0.2) is 4.68 Å². The Morgan fingerprint density at radius 2 is 2.04 bits per heavy atom. The minimum atomic E-state index is 0.614. The summed E-state index contributed by atoms with van der Waals surface area (Å²) >= 11 is 0. The van der Waals surface area contributed by atoms with E-state index in [0.717, 1.165) is 31.0 Å². The molecule has 126 valence electrons. The third kappa shape index (κ3) is 3.71. The highest BCUT2D eigenvalue weighted by Crippen LogP contribution is 2.22. The minimum absolute atomic E-state index is 0.614. The summed E-state index contributed by atoms with van der Waals surface area (Å²) in [5, 5.41) is 8.35. The van der Waals surface area contributed by atoms with Crippen molar-refractivity contribution in [1.29, 1.82) is 0 Å². The molecule has 0 saturated carbocycles. The van der Waals surface area contributed by atoms with Gasteiger partial charge >= 0.3 is 0 Å². The van der Waals surface area contributed by atoms with Gasteiger partial charge in [-0.3, -0.25) is 0 Å². The molecule has 0 saturated heterocycles. The fourth-order valence-electron chi connectivity index (χ4n) is 2.88. The second kappa shape index (κ2) is 6.97. The van der Waals surface area contributed by atoms with E-state index < -0.39 is 0 Å². The molecule has 0 atom stereocenters. The lowest BCUT2D eigenvalue weighted by atomic mass is 10.0. The molecule has 2 heterocycles. The second-order valence-corrected chi connectivity index (χ2v) is 6.25. The van der Waals surface area contributed by atoms with Crippen molar-refractivity contribution in [2.24, 2.45) is 0 Å². The molecule has 0 fully saturated rings. The van der Waals surface area contributed by atoms with Crippen LogP contribution in [-0.4, -0.2) is 38.4 Å². The van der Waals surface area contributed by atoms with Gasteiger partial charge in [0.2, 0.25) is 5.89 Å². The van der Waals surface area contributed by atoms with Gasteiger partial charge in [0.25, 0.3) is 0 Å². The minimum Gasteiger partial charge on any atom is -0.340 e. The second-order valence-electron chi connectivity index (χ2n) is 6.25. The lowest BCUT2D eigenvalue weighted by Crippen LogP contribution is -2.22. The number of nitrogens with zero attached hydrogens (tertiary/aromatic N) is 5. The fourth-order valence-corrected chi connectivity index (χ4v) is 2.88. The monoisotopic (exact) mass is 325 g/mol. The summed E-state index contributed by atoms with van der Waals surface area (Å²) in [5.41, 5.74) is 4.95. The van der Waals surface area contributed by atoms with E-state index in [2.05, 4.69) is 53.2 Å². The van der Waals surface area contributed by atoms with E-state index in [-0.39, 0.29) is 0 Å². The van der Waals surface area contributed by atoms with Gasteiger partial charge in [0.15, 0.2) is 5.82 Å². The predicted molar refractivity (Wildman–Crippen MR) is 92.1 cm³/mol. The van der Waals surface area contributed by atoms with Gasteiger partial charge in [-0.15, -0.1) is 0 Å². The molecule has 3 rings (SSSR count). The van der Waals surface area contributed by atoms with E-state index in [0.29, 0.717) is 5.89 Å². The third-order valence-corrected chi connectivity index (χ3v) is 4.06. The summed E-state index contributed by atoms with van der Waals surface area (Å²) in [4.78, 5) is 6.53. The number of hydrogen-bond donors (Lipinski definition) is 0. The first-order chi connectivity index (χ1) is 11.5. The van der Waals surface area contributed by atoms with Gasteiger partial charge in [-0.2, -0.15) is 10.1 Å². The highest BCUT2D eigenvalue weighted by atomic mass is 16.5. The highest BCUT2D eigenvalue weighted by Gasteiger charge is 2.13. The van der Waals surface area contributed by atoms with Crippen LogP contribution in [0.3, 0.4) is 0 Å². The van der Waals surface area contributed by atoms with Gasteiger partial charge < -0.3 is 9.42 Å². The van der Waals surface area contributed by atoms with Crippen LogP contribution in [0.4, 0.5) is 0 Å². The first-order valence-corrected chi connectivity index (χ1v) is 8.11. The smallest absolute Gasteiger partial charge is 0.223 e. The summed E-state index contributed by atoms with van der Waals surface area (Å²) in [7, 11) is 2.11. The van der Waals surface area contributed by atoms with Gasteiger partial charge in [-0.05, 0) is 49.7 Å². The molecule has 0 N–H and O–H groups in total. The van der Waals surface area contributed by atoms with Gasteiger partial charge in [0.05, 0.1) is 5.69 Å². The summed E-state index contributed by atoms with van der Waals surface area (Å²) in [5.74, 6) is 1.37. The number of aryl methyl sites for hydroxylation is 3. The Balaban J connectivity index is 1.76. The Morgan fingerprint density at radius 3 is 2.71 bits per heavy atom. The Morgan fingerprint density at radius 1 is 1.21 bits per heavy atom. The van der Waals surface area contributed by atoms with Crippen molar-refractivity contribution < 1.29 is 4.52 Å². The summed E-state index contributed by atoms with van der Waals surface area (Å²) in [6.45, 7) is 7.80. The molecule has 1 aromatic carbocycles. The maximum absolute atomic E-state index is 5.02. The largest absolute Gasteiger partial charge is 0.340 e. The average Bonchev–Trinajstić information content (AvgIpc) is 3.19. The highest BCUT2D eigenvalue weighted by molar-refractivity contribution is 5.48. The normalized spacial score (nSPS) is 11.4. The summed E-state index contributed by atoms with van der Waals surface area (Å²) in [6, 6.07) is 6.36. The number of likely N-dealkylation sites (N-methyl/N-ethyl adjacent to an activating group) is 1. The van der Waals surface area contributed by atoms with Crippen molar-refractivity contribution in [3.05, 3.63) is 59.0 Å². The number of benzene rings is 1. The number of rotatable bonds is 6. The topological polar surface area (TPSA) is 60.0 Å². The standard InChI is InChI=1S/C18H23N5O/c1-13-10-14(2)16(17(11-13)23-8-5-7-19-23)12-22(4)9-6-18-20-15(3)24-21-18/h5,7-8,10-11H,6,9,12H2,1-4H3. The van der Waals surface area contributed by atoms with Gasteiger partial charge in [0.1, 0.15) is 0 Å². The van der Waals surface area contributed by atoms with Crippen LogP contribution in [0.5, 0.6) is 0 Å². The quantitative estimate of drug-likeness (QED) is 0.697. The van der Waals surface area contributed by atoms with Crippen molar-refractivity contribution in [2.75, 3.05) is 13.6 Å². The zero-order valence-corrected chi connectivity index (χ0v) is 14.7. The van der Waals surface area contributed by atoms with Crippen LogP contribution < -0.4 is 0 Å². The zero-order valence-electron chi connectivity index (χ0n) is 14.7. The molecule has 3 aromatic rings. The Labute approximate surface area is 142 Å². The van der Waals surface area contributed by atoms with Crippen LogP contribution in [0.1, 0.15) is 28.4 Å². The SMILES string of the molecule is Cc1cc(C)c(CN(C)CCc2noc(C)n2)c(-n2cccn2)c1. The molecule has 6 nitrogen and oxygen atoms in total. The Bertz CT molecular complexity index is 807. The van der Waals surface area contributed by atoms with E-state index >= 15 is 0 Å². The van der Waals surface area contributed by atoms with Crippen molar-refractivity contribution in [3.8, 4) is 5.69 Å². The van der Waals surface area contributed by atoms with E-state index in [1.165, 1.54) is 16.7 Å². The maximum atomic E-state index is 5.02. The molecule has 0 aliphatic rings. The molecule has 0 radical (unpaired) electrons. The van der Waals surface area contributed by atoms with Crippen LogP contribution in [0.25, 0.3) is 5.69 Å². The molecular formula is C18H23N5O. The maximum Gasteiger partial charge on any atom is 0.223 e. The molecule has 0 aliphatic heterocycles.